The highest BCUT2D eigenvalue weighted by Gasteiger charge is 2.16. The Labute approximate surface area is 92.6 Å². The fraction of sp³-hybridized carbons (Fsp3) is 0.500. The molecule has 1 rings (SSSR count). The van der Waals surface area contributed by atoms with Crippen LogP contribution in [0.4, 0.5) is 0 Å². The SMILES string of the molecule is CCC(NCC(O)c1cccs1)C(=O)O. The highest BCUT2D eigenvalue weighted by Crippen LogP contribution is 2.17. The van der Waals surface area contributed by atoms with Crippen LogP contribution in [0.25, 0.3) is 0 Å². The molecule has 1 aromatic heterocycles. The van der Waals surface area contributed by atoms with E-state index in [0.717, 1.165) is 4.88 Å². The van der Waals surface area contributed by atoms with Gasteiger partial charge in [0, 0.05) is 11.4 Å². The lowest BCUT2D eigenvalue weighted by Crippen LogP contribution is -2.38. The molecule has 0 aromatic carbocycles. The summed E-state index contributed by atoms with van der Waals surface area (Å²) in [6.45, 7) is 2.06. The van der Waals surface area contributed by atoms with Crippen LogP contribution in [0.3, 0.4) is 0 Å². The lowest BCUT2D eigenvalue weighted by atomic mass is 10.2. The van der Waals surface area contributed by atoms with Crippen LogP contribution < -0.4 is 5.32 Å². The molecule has 0 saturated carbocycles. The van der Waals surface area contributed by atoms with Gasteiger partial charge in [0.2, 0.25) is 0 Å². The third kappa shape index (κ3) is 3.62. The second-order valence-corrected chi connectivity index (χ2v) is 4.22. The summed E-state index contributed by atoms with van der Waals surface area (Å²) in [6, 6.07) is 3.11. The topological polar surface area (TPSA) is 69.6 Å². The van der Waals surface area contributed by atoms with E-state index in [-0.39, 0.29) is 6.54 Å². The molecule has 0 amide bonds. The van der Waals surface area contributed by atoms with Crippen LogP contribution >= 0.6 is 11.3 Å². The van der Waals surface area contributed by atoms with Crippen LogP contribution in [0.1, 0.15) is 24.3 Å². The Morgan fingerprint density at radius 2 is 2.40 bits per heavy atom. The van der Waals surface area contributed by atoms with E-state index in [1.807, 2.05) is 17.5 Å². The quantitative estimate of drug-likeness (QED) is 0.686. The maximum atomic E-state index is 10.7. The zero-order valence-electron chi connectivity index (χ0n) is 8.51. The molecule has 84 valence electrons. The Kier molecular flexibility index (Phi) is 4.74. The second kappa shape index (κ2) is 5.85. The average Bonchev–Trinajstić information content (AvgIpc) is 2.70. The second-order valence-electron chi connectivity index (χ2n) is 3.24. The molecule has 5 heteroatoms. The molecule has 15 heavy (non-hydrogen) atoms. The largest absolute Gasteiger partial charge is 0.480 e. The van der Waals surface area contributed by atoms with Crippen molar-refractivity contribution < 1.29 is 15.0 Å². The Balaban J connectivity index is 2.39. The van der Waals surface area contributed by atoms with Crippen molar-refractivity contribution in [1.82, 2.24) is 5.32 Å². The number of nitrogens with one attached hydrogen (secondary N) is 1. The molecule has 2 unspecified atom stereocenters. The summed E-state index contributed by atoms with van der Waals surface area (Å²) in [4.78, 5) is 11.5. The van der Waals surface area contributed by atoms with Gasteiger partial charge in [0.15, 0.2) is 0 Å². The summed E-state index contributed by atoms with van der Waals surface area (Å²) < 4.78 is 0. The van der Waals surface area contributed by atoms with Gasteiger partial charge in [0.05, 0.1) is 0 Å². The normalized spacial score (nSPS) is 14.8. The number of carboxylic acid groups (broad SMARTS) is 1. The van der Waals surface area contributed by atoms with Crippen LogP contribution in [0.15, 0.2) is 17.5 Å². The minimum atomic E-state index is -0.879. The molecule has 0 radical (unpaired) electrons. The van der Waals surface area contributed by atoms with E-state index in [2.05, 4.69) is 5.32 Å². The van der Waals surface area contributed by atoms with E-state index >= 15 is 0 Å². The van der Waals surface area contributed by atoms with Gasteiger partial charge in [-0.2, -0.15) is 0 Å². The smallest absolute Gasteiger partial charge is 0.320 e. The number of aliphatic hydroxyl groups is 1. The first kappa shape index (κ1) is 12.2. The predicted octanol–water partition coefficient (Wildman–Crippen LogP) is 1.23. The van der Waals surface area contributed by atoms with Gasteiger partial charge < -0.3 is 15.5 Å². The molecule has 0 saturated heterocycles. The molecule has 3 N–H and O–H groups in total. The highest BCUT2D eigenvalue weighted by molar-refractivity contribution is 7.10. The Bertz CT molecular complexity index is 300. The minimum absolute atomic E-state index is 0.269. The lowest BCUT2D eigenvalue weighted by Gasteiger charge is -2.15. The van der Waals surface area contributed by atoms with Gasteiger partial charge in [0.1, 0.15) is 12.1 Å². The molecular weight excluding hydrogens is 214 g/mol. The molecule has 1 aromatic rings. The van der Waals surface area contributed by atoms with Crippen molar-refractivity contribution in [1.29, 1.82) is 0 Å². The van der Waals surface area contributed by atoms with Gasteiger partial charge in [-0.1, -0.05) is 13.0 Å². The molecule has 0 spiro atoms. The van der Waals surface area contributed by atoms with Crippen molar-refractivity contribution in [2.75, 3.05) is 6.54 Å². The summed E-state index contributed by atoms with van der Waals surface area (Å²) in [5.41, 5.74) is 0. The minimum Gasteiger partial charge on any atom is -0.480 e. The van der Waals surface area contributed by atoms with E-state index < -0.39 is 18.1 Å². The van der Waals surface area contributed by atoms with Gasteiger partial charge in [-0.15, -0.1) is 11.3 Å². The highest BCUT2D eigenvalue weighted by atomic mass is 32.1. The van der Waals surface area contributed by atoms with Gasteiger partial charge in [0.25, 0.3) is 0 Å². The molecule has 0 aliphatic heterocycles. The third-order valence-electron chi connectivity index (χ3n) is 2.14. The monoisotopic (exact) mass is 229 g/mol. The summed E-state index contributed by atoms with van der Waals surface area (Å²) >= 11 is 1.46. The Morgan fingerprint density at radius 1 is 1.67 bits per heavy atom. The summed E-state index contributed by atoms with van der Waals surface area (Å²) in [7, 11) is 0. The number of thiophene rings is 1. The lowest BCUT2D eigenvalue weighted by molar-refractivity contribution is -0.139. The van der Waals surface area contributed by atoms with Gasteiger partial charge in [-0.05, 0) is 17.9 Å². The fourth-order valence-electron chi connectivity index (χ4n) is 1.24. The molecule has 0 bridgehead atoms. The molecule has 0 fully saturated rings. The maximum absolute atomic E-state index is 10.7. The number of hydrogen-bond donors (Lipinski definition) is 3. The summed E-state index contributed by atoms with van der Waals surface area (Å²) in [5, 5.41) is 23.2. The van der Waals surface area contributed by atoms with Gasteiger partial charge in [-0.3, -0.25) is 4.79 Å². The van der Waals surface area contributed by atoms with Crippen molar-refractivity contribution in [3.05, 3.63) is 22.4 Å². The fourth-order valence-corrected chi connectivity index (χ4v) is 1.95. The third-order valence-corrected chi connectivity index (χ3v) is 3.11. The number of aliphatic hydroxyl groups excluding tert-OH is 1. The van der Waals surface area contributed by atoms with Crippen molar-refractivity contribution >= 4 is 17.3 Å². The zero-order valence-corrected chi connectivity index (χ0v) is 9.33. The number of carbonyl (C=O) groups is 1. The van der Waals surface area contributed by atoms with E-state index in [4.69, 9.17) is 5.11 Å². The molecule has 1 heterocycles. The van der Waals surface area contributed by atoms with Crippen LogP contribution in [-0.4, -0.2) is 28.8 Å². The summed E-state index contributed by atoms with van der Waals surface area (Å²) in [6.07, 6.45) is -0.120. The van der Waals surface area contributed by atoms with Crippen molar-refractivity contribution in [2.24, 2.45) is 0 Å². The molecule has 2 atom stereocenters. The number of hydrogen-bond acceptors (Lipinski definition) is 4. The molecule has 0 aliphatic carbocycles. The van der Waals surface area contributed by atoms with Crippen LogP contribution in [0, 0.1) is 0 Å². The molecule has 4 nitrogen and oxygen atoms in total. The average molecular weight is 229 g/mol. The van der Waals surface area contributed by atoms with Crippen molar-refractivity contribution in [3.63, 3.8) is 0 Å². The van der Waals surface area contributed by atoms with E-state index in [0.29, 0.717) is 6.42 Å². The zero-order chi connectivity index (χ0) is 11.3. The molecular formula is C10H15NO3S. The first-order valence-electron chi connectivity index (χ1n) is 4.82. The van der Waals surface area contributed by atoms with Crippen molar-refractivity contribution in [3.8, 4) is 0 Å². The number of aliphatic carboxylic acids is 1. The van der Waals surface area contributed by atoms with Gasteiger partial charge in [-0.25, -0.2) is 0 Å². The van der Waals surface area contributed by atoms with Crippen LogP contribution in [0.5, 0.6) is 0 Å². The predicted molar refractivity (Wildman–Crippen MR) is 59.0 cm³/mol. The van der Waals surface area contributed by atoms with E-state index in [9.17, 15) is 9.90 Å². The number of carboxylic acids is 1. The number of rotatable bonds is 6. The first-order valence-corrected chi connectivity index (χ1v) is 5.70. The molecule has 0 aliphatic rings. The van der Waals surface area contributed by atoms with Gasteiger partial charge >= 0.3 is 5.97 Å². The first-order chi connectivity index (χ1) is 7.15. The van der Waals surface area contributed by atoms with Crippen molar-refractivity contribution in [2.45, 2.75) is 25.5 Å². The van der Waals surface area contributed by atoms with E-state index in [1.54, 1.807) is 6.92 Å². The standard InChI is InChI=1S/C10H15NO3S/c1-2-7(10(13)14)11-6-8(12)9-4-3-5-15-9/h3-5,7-8,11-12H,2,6H2,1H3,(H,13,14). The maximum Gasteiger partial charge on any atom is 0.320 e. The van der Waals surface area contributed by atoms with E-state index in [1.165, 1.54) is 11.3 Å². The Hall–Kier alpha value is -0.910. The summed E-state index contributed by atoms with van der Waals surface area (Å²) in [5.74, 6) is -0.879. The van der Waals surface area contributed by atoms with Crippen LogP contribution in [0.2, 0.25) is 0 Å². The Morgan fingerprint density at radius 3 is 2.87 bits per heavy atom. The van der Waals surface area contributed by atoms with Crippen LogP contribution in [-0.2, 0) is 4.79 Å².